The summed E-state index contributed by atoms with van der Waals surface area (Å²) < 4.78 is 47.7. The molecule has 10 atom stereocenters. The lowest BCUT2D eigenvalue weighted by molar-refractivity contribution is -0.245. The molecule has 7 unspecified atom stereocenters. The lowest BCUT2D eigenvalue weighted by Crippen LogP contribution is -2.53. The van der Waals surface area contributed by atoms with Crippen molar-refractivity contribution in [3.63, 3.8) is 0 Å². The van der Waals surface area contributed by atoms with E-state index < -0.39 is 89.2 Å². The summed E-state index contributed by atoms with van der Waals surface area (Å²) in [7, 11) is -10.9. The van der Waals surface area contributed by atoms with Crippen LogP contribution in [0.25, 0.3) is 0 Å². The van der Waals surface area contributed by atoms with Crippen molar-refractivity contribution in [3.05, 3.63) is 33.1 Å². The van der Waals surface area contributed by atoms with Crippen LogP contribution in [-0.4, -0.2) is 101 Å². The minimum Gasteiger partial charge on any atom is -0.388 e. The van der Waals surface area contributed by atoms with Crippen LogP contribution in [0.5, 0.6) is 0 Å². The molecular weight excluding hydrogens is 514 g/mol. The maximum Gasteiger partial charge on any atom is 0.483 e. The standard InChI is InChI=1S/C14H22N2O16P2/c17-5-3-28-13(11(22)8(5)19)31-34(26,27)32-33(24,25)29-4-6-9(20)10(21)12(30-6)16-2-1-7(18)15-14(16)23/h1-2,5-6,8-13,17,19-22H,3-4H2,(H,24,25)(H,26,27)(H,15,18,23)/t5-,6?,8+,9?,10?,11-,12?,13?/m0/s1. The Hall–Kier alpha value is -1.34. The van der Waals surface area contributed by atoms with E-state index in [-0.39, 0.29) is 0 Å². The van der Waals surface area contributed by atoms with Gasteiger partial charge in [0.1, 0.15) is 36.6 Å². The molecule has 0 spiro atoms. The number of hydrogen-bond donors (Lipinski definition) is 8. The van der Waals surface area contributed by atoms with E-state index in [0.717, 1.165) is 16.8 Å². The monoisotopic (exact) mass is 536 g/mol. The number of nitrogens with one attached hydrogen (secondary N) is 1. The van der Waals surface area contributed by atoms with Crippen LogP contribution in [-0.2, 0) is 32.0 Å². The van der Waals surface area contributed by atoms with Gasteiger partial charge in [-0.15, -0.1) is 0 Å². The molecule has 0 amide bonds. The molecule has 0 saturated carbocycles. The summed E-state index contributed by atoms with van der Waals surface area (Å²) in [5.74, 6) is 0. The van der Waals surface area contributed by atoms with Crippen molar-refractivity contribution in [3.8, 4) is 0 Å². The highest BCUT2D eigenvalue weighted by Gasteiger charge is 2.47. The number of phosphoric ester groups is 2. The van der Waals surface area contributed by atoms with Gasteiger partial charge in [-0.3, -0.25) is 23.4 Å². The Labute approximate surface area is 188 Å². The molecule has 2 saturated heterocycles. The molecule has 18 nitrogen and oxygen atoms in total. The number of nitrogens with zero attached hydrogens (tertiary/aromatic N) is 1. The molecule has 20 heteroatoms. The number of phosphoric acid groups is 2. The second-order valence-corrected chi connectivity index (χ2v) is 10.2. The van der Waals surface area contributed by atoms with E-state index in [9.17, 15) is 54.0 Å². The highest BCUT2D eigenvalue weighted by Crippen LogP contribution is 2.61. The van der Waals surface area contributed by atoms with Crippen molar-refractivity contribution in [1.29, 1.82) is 0 Å². The Morgan fingerprint density at radius 3 is 2.35 bits per heavy atom. The molecule has 0 aromatic carbocycles. The van der Waals surface area contributed by atoms with Gasteiger partial charge in [-0.05, 0) is 0 Å². The van der Waals surface area contributed by atoms with E-state index in [1.165, 1.54) is 0 Å². The molecule has 8 N–H and O–H groups in total. The maximum atomic E-state index is 12.1. The minimum atomic E-state index is -5.47. The van der Waals surface area contributed by atoms with E-state index in [2.05, 4.69) is 13.4 Å². The molecule has 2 aliphatic heterocycles. The largest absolute Gasteiger partial charge is 0.483 e. The average Bonchev–Trinajstić information content (AvgIpc) is 3.00. The number of hydrogen-bond acceptors (Lipinski definition) is 14. The normalized spacial score (nSPS) is 37.7. The zero-order chi connectivity index (χ0) is 25.4. The van der Waals surface area contributed by atoms with Crippen LogP contribution in [0.3, 0.4) is 0 Å². The highest BCUT2D eigenvalue weighted by molar-refractivity contribution is 7.61. The first kappa shape index (κ1) is 27.3. The Morgan fingerprint density at radius 1 is 1.03 bits per heavy atom. The number of ether oxygens (including phenoxy) is 2. The van der Waals surface area contributed by atoms with Crippen LogP contribution in [0.2, 0.25) is 0 Å². The smallest absolute Gasteiger partial charge is 0.388 e. The lowest BCUT2D eigenvalue weighted by Gasteiger charge is -2.35. The topological polar surface area (TPSA) is 277 Å². The molecule has 0 aliphatic carbocycles. The van der Waals surface area contributed by atoms with Crippen molar-refractivity contribution in [2.45, 2.75) is 49.1 Å². The van der Waals surface area contributed by atoms with Crippen molar-refractivity contribution < 1.29 is 67.3 Å². The van der Waals surface area contributed by atoms with Gasteiger partial charge < -0.3 is 44.8 Å². The van der Waals surface area contributed by atoms with E-state index >= 15 is 0 Å². The molecule has 2 aliphatic rings. The predicted molar refractivity (Wildman–Crippen MR) is 103 cm³/mol. The molecule has 34 heavy (non-hydrogen) atoms. The minimum absolute atomic E-state index is 0.602. The fourth-order valence-corrected chi connectivity index (χ4v) is 5.24. The van der Waals surface area contributed by atoms with E-state index in [1.807, 2.05) is 4.98 Å². The molecule has 2 fully saturated rings. The van der Waals surface area contributed by atoms with E-state index in [1.54, 1.807) is 0 Å². The summed E-state index contributed by atoms with van der Waals surface area (Å²) in [5, 5.41) is 48.8. The van der Waals surface area contributed by atoms with Crippen molar-refractivity contribution in [2.75, 3.05) is 13.2 Å². The third-order valence-corrected chi connectivity index (χ3v) is 7.36. The summed E-state index contributed by atoms with van der Waals surface area (Å²) >= 11 is 0. The summed E-state index contributed by atoms with van der Waals surface area (Å²) in [4.78, 5) is 44.3. The Bertz CT molecular complexity index is 1080. The zero-order valence-electron chi connectivity index (χ0n) is 16.8. The molecule has 3 heterocycles. The fraction of sp³-hybridized carbons (Fsp3) is 0.714. The fourth-order valence-electron chi connectivity index (χ4n) is 3.07. The van der Waals surface area contributed by atoms with Crippen LogP contribution in [0, 0.1) is 0 Å². The Morgan fingerprint density at radius 2 is 1.71 bits per heavy atom. The van der Waals surface area contributed by atoms with Gasteiger partial charge in [0.25, 0.3) is 5.56 Å². The number of aromatic nitrogens is 2. The molecule has 1 aromatic rings. The van der Waals surface area contributed by atoms with Crippen LogP contribution < -0.4 is 11.2 Å². The van der Waals surface area contributed by atoms with Gasteiger partial charge in [0.2, 0.25) is 0 Å². The second-order valence-electron chi connectivity index (χ2n) is 7.23. The molecule has 0 radical (unpaired) electrons. The summed E-state index contributed by atoms with van der Waals surface area (Å²) in [5.41, 5.74) is -1.72. The third-order valence-electron chi connectivity index (χ3n) is 4.76. The average molecular weight is 536 g/mol. The summed E-state index contributed by atoms with van der Waals surface area (Å²) in [6.07, 6.45) is -13.0. The molecule has 194 valence electrons. The first-order valence-corrected chi connectivity index (χ1v) is 12.4. The molecule has 0 bridgehead atoms. The predicted octanol–water partition coefficient (Wildman–Crippen LogP) is -4.15. The number of rotatable bonds is 8. The van der Waals surface area contributed by atoms with Crippen molar-refractivity contribution >= 4 is 15.6 Å². The lowest BCUT2D eigenvalue weighted by atomic mass is 10.1. The van der Waals surface area contributed by atoms with Gasteiger partial charge in [0.05, 0.1) is 13.2 Å². The van der Waals surface area contributed by atoms with Crippen molar-refractivity contribution in [2.24, 2.45) is 0 Å². The number of aliphatic hydroxyl groups is 5. The molecule has 3 rings (SSSR count). The SMILES string of the molecule is O=c1ccn(C2OC(COP(=O)(O)OP(=O)(O)OC3OC[C@H](O)[C@@H](O)[C@@H]3O)C(O)C2O)c(=O)[nH]1. The van der Waals surface area contributed by atoms with Crippen LogP contribution in [0.1, 0.15) is 6.23 Å². The van der Waals surface area contributed by atoms with Gasteiger partial charge in [-0.1, -0.05) is 0 Å². The maximum absolute atomic E-state index is 12.1. The zero-order valence-corrected chi connectivity index (χ0v) is 18.6. The van der Waals surface area contributed by atoms with E-state index in [4.69, 9.17) is 9.47 Å². The van der Waals surface area contributed by atoms with Gasteiger partial charge in [0.15, 0.2) is 12.5 Å². The molecular formula is C14H22N2O16P2. The number of aromatic amines is 1. The highest BCUT2D eigenvalue weighted by atomic mass is 31.3. The first-order chi connectivity index (χ1) is 15.7. The Kier molecular flexibility index (Phi) is 8.28. The number of H-pyrrole nitrogens is 1. The van der Waals surface area contributed by atoms with Gasteiger partial charge in [-0.2, -0.15) is 4.31 Å². The Balaban J connectivity index is 1.59. The van der Waals surface area contributed by atoms with Crippen molar-refractivity contribution in [1.82, 2.24) is 9.55 Å². The second kappa shape index (κ2) is 10.3. The van der Waals surface area contributed by atoms with Crippen LogP contribution >= 0.6 is 15.6 Å². The van der Waals surface area contributed by atoms with Gasteiger partial charge in [-0.25, -0.2) is 13.9 Å². The van der Waals surface area contributed by atoms with Gasteiger partial charge in [0, 0.05) is 12.3 Å². The summed E-state index contributed by atoms with van der Waals surface area (Å²) in [6.45, 7) is -1.59. The third kappa shape index (κ3) is 6.26. The van der Waals surface area contributed by atoms with E-state index in [0.29, 0.717) is 0 Å². The van der Waals surface area contributed by atoms with Crippen LogP contribution in [0.4, 0.5) is 0 Å². The quantitative estimate of drug-likeness (QED) is 0.146. The first-order valence-electron chi connectivity index (χ1n) is 9.39. The summed E-state index contributed by atoms with van der Waals surface area (Å²) in [6, 6.07) is 0.939. The molecule has 1 aromatic heterocycles. The van der Waals surface area contributed by atoms with Crippen LogP contribution in [0.15, 0.2) is 21.9 Å². The number of aliphatic hydroxyl groups excluding tert-OH is 5. The van der Waals surface area contributed by atoms with Gasteiger partial charge >= 0.3 is 21.3 Å².